The molecule has 0 aromatic carbocycles. The second-order valence-corrected chi connectivity index (χ2v) is 3.27. The maximum absolute atomic E-state index is 11.5. The van der Waals surface area contributed by atoms with E-state index < -0.39 is 0 Å². The molecule has 0 aliphatic carbocycles. The second kappa shape index (κ2) is 2.34. The molecule has 2 aromatic heterocycles. The van der Waals surface area contributed by atoms with Crippen molar-refractivity contribution in [3.05, 3.63) is 16.2 Å². The van der Waals surface area contributed by atoms with Crippen LogP contribution >= 0.6 is 0 Å². The third-order valence-corrected chi connectivity index (χ3v) is 2.41. The van der Waals surface area contributed by atoms with Crippen LogP contribution in [0.1, 0.15) is 5.69 Å². The summed E-state index contributed by atoms with van der Waals surface area (Å²) in [6.45, 7) is 3.24. The first-order valence-corrected chi connectivity index (χ1v) is 4.38. The van der Waals surface area contributed by atoms with Crippen LogP contribution in [0.5, 0.6) is 0 Å². The number of aromatic nitrogens is 3. The normalized spacial score (nSPS) is 14.4. The molecule has 14 heavy (non-hydrogen) atoms. The summed E-state index contributed by atoms with van der Waals surface area (Å²) in [6, 6.07) is 0. The van der Waals surface area contributed by atoms with Gasteiger partial charge in [0.2, 0.25) is 0 Å². The van der Waals surface area contributed by atoms with Gasteiger partial charge in [-0.3, -0.25) is 4.57 Å². The second-order valence-electron chi connectivity index (χ2n) is 3.27. The fraction of sp³-hybridized carbons (Fsp3) is 0.375. The Kier molecular flexibility index (Phi) is 1.26. The van der Waals surface area contributed by atoms with Gasteiger partial charge in [0.25, 0.3) is 5.71 Å². The summed E-state index contributed by atoms with van der Waals surface area (Å²) in [7, 11) is 0. The summed E-state index contributed by atoms with van der Waals surface area (Å²) in [5, 5.41) is 7.73. The number of nitrogens with zero attached hydrogens (tertiary/aromatic N) is 3. The van der Waals surface area contributed by atoms with Gasteiger partial charge in [-0.25, -0.2) is 4.79 Å². The molecule has 6 nitrogen and oxygen atoms in total. The summed E-state index contributed by atoms with van der Waals surface area (Å²) in [4.78, 5) is 15.3. The number of aryl methyl sites for hydroxylation is 1. The fourth-order valence-corrected chi connectivity index (χ4v) is 1.76. The maximum Gasteiger partial charge on any atom is 0.352 e. The van der Waals surface area contributed by atoms with E-state index >= 15 is 0 Å². The molecule has 0 saturated carbocycles. The minimum atomic E-state index is -0.284. The highest BCUT2D eigenvalue weighted by Crippen LogP contribution is 2.25. The van der Waals surface area contributed by atoms with Crippen LogP contribution in [0.2, 0.25) is 0 Å². The first-order valence-electron chi connectivity index (χ1n) is 4.38. The van der Waals surface area contributed by atoms with Crippen molar-refractivity contribution in [2.24, 2.45) is 0 Å². The van der Waals surface area contributed by atoms with E-state index in [9.17, 15) is 4.79 Å². The summed E-state index contributed by atoms with van der Waals surface area (Å²) in [5.74, 6) is 0.777. The SMILES string of the molecule is Cc1noc2nc(=O)n3c(c12)NCC3. The molecule has 0 atom stereocenters. The number of hydrogen-bond acceptors (Lipinski definition) is 5. The Labute approximate surface area is 78.5 Å². The van der Waals surface area contributed by atoms with Crippen LogP contribution in [0.3, 0.4) is 0 Å². The number of hydrogen-bond donors (Lipinski definition) is 1. The van der Waals surface area contributed by atoms with Gasteiger partial charge in [-0.15, -0.1) is 0 Å². The summed E-state index contributed by atoms with van der Waals surface area (Å²) < 4.78 is 6.54. The molecule has 3 rings (SSSR count). The lowest BCUT2D eigenvalue weighted by atomic mass is 10.3. The Bertz CT molecular complexity index is 568. The molecule has 2 aromatic rings. The Morgan fingerprint density at radius 1 is 1.57 bits per heavy atom. The number of nitrogens with one attached hydrogen (secondary N) is 1. The van der Waals surface area contributed by atoms with Gasteiger partial charge >= 0.3 is 5.69 Å². The molecule has 0 amide bonds. The molecule has 0 fully saturated rings. The lowest BCUT2D eigenvalue weighted by molar-refractivity contribution is 0.441. The lowest BCUT2D eigenvalue weighted by Gasteiger charge is -2.00. The van der Waals surface area contributed by atoms with Gasteiger partial charge in [-0.05, 0) is 6.92 Å². The van der Waals surface area contributed by atoms with E-state index in [0.29, 0.717) is 12.3 Å². The molecule has 1 aliphatic rings. The molecule has 1 N–H and O–H groups in total. The van der Waals surface area contributed by atoms with Crippen molar-refractivity contribution in [2.45, 2.75) is 13.5 Å². The van der Waals surface area contributed by atoms with Gasteiger partial charge in [0.05, 0.1) is 5.69 Å². The van der Waals surface area contributed by atoms with Crippen LogP contribution in [-0.4, -0.2) is 21.3 Å². The van der Waals surface area contributed by atoms with Crippen LogP contribution in [0, 0.1) is 6.92 Å². The van der Waals surface area contributed by atoms with Crippen LogP contribution in [-0.2, 0) is 6.54 Å². The van der Waals surface area contributed by atoms with Gasteiger partial charge in [-0.1, -0.05) is 5.16 Å². The molecule has 72 valence electrons. The van der Waals surface area contributed by atoms with E-state index in [1.54, 1.807) is 4.57 Å². The van der Waals surface area contributed by atoms with Crippen LogP contribution in [0.15, 0.2) is 9.32 Å². The van der Waals surface area contributed by atoms with Crippen molar-refractivity contribution in [1.82, 2.24) is 14.7 Å². The zero-order valence-corrected chi connectivity index (χ0v) is 7.57. The highest BCUT2D eigenvalue weighted by atomic mass is 16.5. The topological polar surface area (TPSA) is 73.0 Å². The van der Waals surface area contributed by atoms with E-state index in [2.05, 4.69) is 15.5 Å². The summed E-state index contributed by atoms with van der Waals surface area (Å²) >= 11 is 0. The van der Waals surface area contributed by atoms with Crippen molar-refractivity contribution in [3.8, 4) is 0 Å². The Hall–Kier alpha value is -1.85. The third kappa shape index (κ3) is 0.773. The largest absolute Gasteiger partial charge is 0.369 e. The van der Waals surface area contributed by atoms with Crippen LogP contribution < -0.4 is 11.0 Å². The standard InChI is InChI=1S/C8H8N4O2/c1-4-5-6-9-2-3-12(6)8(13)10-7(5)14-11-4/h9H,2-3H2,1H3. The molecule has 6 heteroatoms. The molecule has 0 bridgehead atoms. The molecule has 0 saturated heterocycles. The van der Waals surface area contributed by atoms with Gasteiger partial charge in [0.1, 0.15) is 11.2 Å². The monoisotopic (exact) mass is 192 g/mol. The molecule has 1 aliphatic heterocycles. The fourth-order valence-electron chi connectivity index (χ4n) is 1.76. The molecular formula is C8H8N4O2. The first kappa shape index (κ1) is 7.54. The minimum Gasteiger partial charge on any atom is -0.369 e. The van der Waals surface area contributed by atoms with E-state index in [-0.39, 0.29) is 5.69 Å². The van der Waals surface area contributed by atoms with Crippen LogP contribution in [0.4, 0.5) is 5.82 Å². The van der Waals surface area contributed by atoms with E-state index in [1.165, 1.54) is 0 Å². The van der Waals surface area contributed by atoms with Crippen molar-refractivity contribution < 1.29 is 4.52 Å². The van der Waals surface area contributed by atoms with Crippen molar-refractivity contribution in [3.63, 3.8) is 0 Å². The quantitative estimate of drug-likeness (QED) is 0.641. The molecular weight excluding hydrogens is 184 g/mol. The number of fused-ring (bicyclic) bond motifs is 3. The molecule has 0 radical (unpaired) electrons. The highest BCUT2D eigenvalue weighted by molar-refractivity contribution is 5.88. The highest BCUT2D eigenvalue weighted by Gasteiger charge is 2.20. The lowest BCUT2D eigenvalue weighted by Crippen LogP contribution is -2.20. The van der Waals surface area contributed by atoms with E-state index in [4.69, 9.17) is 4.52 Å². The molecule has 0 unspecified atom stereocenters. The first-order chi connectivity index (χ1) is 6.77. The third-order valence-electron chi connectivity index (χ3n) is 2.41. The Morgan fingerprint density at radius 3 is 3.29 bits per heavy atom. The average Bonchev–Trinajstić information content (AvgIpc) is 2.72. The average molecular weight is 192 g/mol. The predicted molar refractivity (Wildman–Crippen MR) is 49.3 cm³/mol. The zero-order chi connectivity index (χ0) is 9.71. The van der Waals surface area contributed by atoms with Crippen molar-refractivity contribution in [2.75, 3.05) is 11.9 Å². The Morgan fingerprint density at radius 2 is 2.43 bits per heavy atom. The summed E-state index contributed by atoms with van der Waals surface area (Å²) in [6.07, 6.45) is 0. The van der Waals surface area contributed by atoms with Crippen molar-refractivity contribution >= 4 is 16.9 Å². The maximum atomic E-state index is 11.5. The summed E-state index contributed by atoms with van der Waals surface area (Å²) in [5.41, 5.74) is 0.785. The molecule has 3 heterocycles. The predicted octanol–water partition coefficient (Wildman–Crippen LogP) is 0.118. The van der Waals surface area contributed by atoms with E-state index in [0.717, 1.165) is 23.4 Å². The molecule has 0 spiro atoms. The van der Waals surface area contributed by atoms with Gasteiger partial charge in [0, 0.05) is 13.1 Å². The van der Waals surface area contributed by atoms with E-state index in [1.807, 2.05) is 6.92 Å². The Balaban J connectivity index is 2.55. The van der Waals surface area contributed by atoms with Crippen molar-refractivity contribution in [1.29, 1.82) is 0 Å². The number of anilines is 1. The van der Waals surface area contributed by atoms with Crippen LogP contribution in [0.25, 0.3) is 11.1 Å². The van der Waals surface area contributed by atoms with Gasteiger partial charge in [0.15, 0.2) is 0 Å². The zero-order valence-electron chi connectivity index (χ0n) is 7.57. The van der Waals surface area contributed by atoms with Gasteiger partial charge in [-0.2, -0.15) is 4.98 Å². The number of rotatable bonds is 0. The van der Waals surface area contributed by atoms with Gasteiger partial charge < -0.3 is 9.84 Å². The smallest absolute Gasteiger partial charge is 0.352 e. The minimum absolute atomic E-state index is 0.284.